The molecule has 0 spiro atoms. The predicted octanol–water partition coefficient (Wildman–Crippen LogP) is 6.66. The van der Waals surface area contributed by atoms with E-state index in [9.17, 15) is 4.79 Å². The van der Waals surface area contributed by atoms with Crippen molar-refractivity contribution in [3.8, 4) is 23.4 Å². The summed E-state index contributed by atoms with van der Waals surface area (Å²) in [7, 11) is 0. The molecule has 10 heteroatoms. The Morgan fingerprint density at radius 2 is 1.91 bits per heavy atom. The lowest BCUT2D eigenvalue weighted by molar-refractivity contribution is 0.368. The highest BCUT2D eigenvalue weighted by atomic mass is 79.9. The van der Waals surface area contributed by atoms with Gasteiger partial charge in [0.15, 0.2) is 18.1 Å². The molecule has 5 rings (SSSR count). The van der Waals surface area contributed by atoms with Crippen LogP contribution >= 0.6 is 39.1 Å². The number of halogens is 3. The Morgan fingerprint density at radius 3 is 2.69 bits per heavy atom. The van der Waals surface area contributed by atoms with Gasteiger partial charge in [-0.1, -0.05) is 51.3 Å². The van der Waals surface area contributed by atoms with Crippen molar-refractivity contribution in [3.05, 3.63) is 91.1 Å². The number of para-hydroxylation sites is 1. The Balaban J connectivity index is 1.65. The van der Waals surface area contributed by atoms with E-state index in [0.29, 0.717) is 27.8 Å². The summed E-state index contributed by atoms with van der Waals surface area (Å²) in [6.07, 6.45) is 1.44. The van der Waals surface area contributed by atoms with Gasteiger partial charge in [-0.2, -0.15) is 15.0 Å². The van der Waals surface area contributed by atoms with E-state index in [1.807, 2.05) is 30.3 Å². The van der Waals surface area contributed by atoms with Gasteiger partial charge in [-0.05, 0) is 54.1 Å². The summed E-state index contributed by atoms with van der Waals surface area (Å²) >= 11 is 16.0. The number of rotatable bonds is 5. The van der Waals surface area contributed by atoms with Gasteiger partial charge >= 0.3 is 0 Å². The van der Waals surface area contributed by atoms with Gasteiger partial charge in [-0.15, -0.1) is 0 Å². The molecule has 2 aromatic heterocycles. The molecule has 0 unspecified atom stereocenters. The summed E-state index contributed by atoms with van der Waals surface area (Å²) in [6, 6.07) is 19.4. The van der Waals surface area contributed by atoms with Crippen molar-refractivity contribution >= 4 is 67.2 Å². The van der Waals surface area contributed by atoms with Gasteiger partial charge in [-0.25, -0.2) is 4.98 Å². The molecule has 0 radical (unpaired) electrons. The normalized spacial score (nSPS) is 11.4. The fourth-order valence-electron chi connectivity index (χ4n) is 3.54. The molecule has 3 aromatic carbocycles. The van der Waals surface area contributed by atoms with Crippen LogP contribution in [0, 0.1) is 11.3 Å². The van der Waals surface area contributed by atoms with Crippen molar-refractivity contribution in [1.82, 2.24) is 9.66 Å². The molecule has 0 aliphatic rings. The SMILES string of the molecule is N#CCOc1c(Cl)cc(C=Nn2c(-c3cc4cc(Br)ccc4o3)nc3ccccc3c2=O)cc1Cl. The zero-order valence-electron chi connectivity index (χ0n) is 17.7. The third kappa shape index (κ3) is 4.54. The minimum atomic E-state index is -0.366. The first-order chi connectivity index (χ1) is 16.9. The number of fused-ring (bicyclic) bond motifs is 2. The van der Waals surface area contributed by atoms with Crippen molar-refractivity contribution in [2.75, 3.05) is 6.61 Å². The average Bonchev–Trinajstić information content (AvgIpc) is 3.26. The van der Waals surface area contributed by atoms with Crippen LogP contribution in [0.4, 0.5) is 0 Å². The molecule has 0 aliphatic carbocycles. The van der Waals surface area contributed by atoms with Crippen LogP contribution in [0.5, 0.6) is 5.75 Å². The second kappa shape index (κ2) is 9.55. The van der Waals surface area contributed by atoms with Crippen LogP contribution in [0.1, 0.15) is 5.56 Å². The number of benzene rings is 3. The van der Waals surface area contributed by atoms with Crippen LogP contribution in [0.3, 0.4) is 0 Å². The maximum atomic E-state index is 13.4. The highest BCUT2D eigenvalue weighted by Gasteiger charge is 2.17. The summed E-state index contributed by atoms with van der Waals surface area (Å²) < 4.78 is 13.3. The number of ether oxygens (including phenoxy) is 1. The number of nitrogens with zero attached hydrogens (tertiary/aromatic N) is 4. The van der Waals surface area contributed by atoms with E-state index in [1.165, 1.54) is 10.9 Å². The van der Waals surface area contributed by atoms with Gasteiger partial charge in [0.2, 0.25) is 5.82 Å². The van der Waals surface area contributed by atoms with Crippen molar-refractivity contribution in [1.29, 1.82) is 5.26 Å². The summed E-state index contributed by atoms with van der Waals surface area (Å²) in [5.74, 6) is 0.823. The van der Waals surface area contributed by atoms with E-state index in [2.05, 4.69) is 26.0 Å². The summed E-state index contributed by atoms with van der Waals surface area (Å²) in [6.45, 7) is -0.192. The molecule has 0 bridgehead atoms. The molecular weight excluding hydrogens is 555 g/mol. The lowest BCUT2D eigenvalue weighted by atomic mass is 10.2. The number of nitriles is 1. The second-order valence-electron chi connectivity index (χ2n) is 7.37. The Bertz CT molecular complexity index is 1710. The van der Waals surface area contributed by atoms with Crippen LogP contribution in [-0.4, -0.2) is 22.5 Å². The van der Waals surface area contributed by atoms with E-state index in [-0.39, 0.29) is 33.8 Å². The number of hydrogen-bond donors (Lipinski definition) is 0. The summed E-state index contributed by atoms with van der Waals surface area (Å²) in [4.78, 5) is 18.0. The van der Waals surface area contributed by atoms with Crippen LogP contribution in [0.2, 0.25) is 10.0 Å². The van der Waals surface area contributed by atoms with Gasteiger partial charge < -0.3 is 9.15 Å². The molecule has 0 saturated carbocycles. The zero-order valence-corrected chi connectivity index (χ0v) is 20.8. The first-order valence-corrected chi connectivity index (χ1v) is 11.7. The quantitative estimate of drug-likeness (QED) is 0.221. The fraction of sp³-hybridized carbons (Fsp3) is 0.0400. The molecule has 5 aromatic rings. The third-order valence-electron chi connectivity index (χ3n) is 5.08. The molecule has 7 nitrogen and oxygen atoms in total. The van der Waals surface area contributed by atoms with E-state index in [1.54, 1.807) is 36.4 Å². The molecule has 172 valence electrons. The lowest BCUT2D eigenvalue weighted by Crippen LogP contribution is -2.20. The monoisotopic (exact) mass is 566 g/mol. The van der Waals surface area contributed by atoms with Crippen molar-refractivity contribution < 1.29 is 9.15 Å². The first-order valence-electron chi connectivity index (χ1n) is 10.2. The molecule has 0 saturated heterocycles. The minimum Gasteiger partial charge on any atom is -0.476 e. The van der Waals surface area contributed by atoms with Gasteiger partial charge in [0, 0.05) is 9.86 Å². The fourth-order valence-corrected chi connectivity index (χ4v) is 4.53. The Labute approximate surface area is 216 Å². The van der Waals surface area contributed by atoms with E-state index in [0.717, 1.165) is 9.86 Å². The Hall–Kier alpha value is -3.64. The molecular formula is C25H13BrCl2N4O3. The van der Waals surface area contributed by atoms with E-state index < -0.39 is 0 Å². The summed E-state index contributed by atoms with van der Waals surface area (Å²) in [5.41, 5.74) is 1.32. The first kappa shape index (κ1) is 23.1. The second-order valence-corrected chi connectivity index (χ2v) is 9.10. The van der Waals surface area contributed by atoms with Gasteiger partial charge in [-0.3, -0.25) is 4.79 Å². The van der Waals surface area contributed by atoms with Crippen molar-refractivity contribution in [2.45, 2.75) is 0 Å². The zero-order chi connectivity index (χ0) is 24.5. The molecule has 0 aliphatic heterocycles. The highest BCUT2D eigenvalue weighted by molar-refractivity contribution is 9.10. The predicted molar refractivity (Wildman–Crippen MR) is 139 cm³/mol. The third-order valence-corrected chi connectivity index (χ3v) is 6.13. The maximum absolute atomic E-state index is 13.4. The molecule has 35 heavy (non-hydrogen) atoms. The molecule has 0 fully saturated rings. The highest BCUT2D eigenvalue weighted by Crippen LogP contribution is 2.34. The molecule has 2 heterocycles. The smallest absolute Gasteiger partial charge is 0.282 e. The summed E-state index contributed by atoms with van der Waals surface area (Å²) in [5, 5.41) is 14.8. The van der Waals surface area contributed by atoms with Crippen molar-refractivity contribution in [2.24, 2.45) is 5.10 Å². The lowest BCUT2D eigenvalue weighted by Gasteiger charge is -2.09. The van der Waals surface area contributed by atoms with E-state index in [4.69, 9.17) is 37.6 Å². The molecule has 0 amide bonds. The molecule has 0 atom stereocenters. The van der Waals surface area contributed by atoms with Gasteiger partial charge in [0.25, 0.3) is 5.56 Å². The molecule has 0 N–H and O–H groups in total. The van der Waals surface area contributed by atoms with Crippen LogP contribution < -0.4 is 10.3 Å². The minimum absolute atomic E-state index is 0.192. The van der Waals surface area contributed by atoms with Gasteiger partial charge in [0.05, 0.1) is 27.2 Å². The van der Waals surface area contributed by atoms with Crippen LogP contribution in [-0.2, 0) is 0 Å². The Morgan fingerprint density at radius 1 is 1.14 bits per heavy atom. The maximum Gasteiger partial charge on any atom is 0.282 e. The Kier molecular flexibility index (Phi) is 6.31. The largest absolute Gasteiger partial charge is 0.476 e. The van der Waals surface area contributed by atoms with Crippen LogP contribution in [0.25, 0.3) is 33.5 Å². The number of aromatic nitrogens is 2. The average molecular weight is 568 g/mol. The van der Waals surface area contributed by atoms with Gasteiger partial charge in [0.1, 0.15) is 11.7 Å². The number of furan rings is 1. The van der Waals surface area contributed by atoms with Crippen molar-refractivity contribution in [3.63, 3.8) is 0 Å². The standard InChI is InChI=1S/C25H13BrCl2N4O3/c26-16-5-6-21-15(11-16)12-22(35-21)24-31-20-4-2-1-3-17(20)25(33)32(24)30-13-14-9-18(27)23(19(28)10-14)34-8-7-29/h1-6,9-13H,8H2. The number of hydrogen-bond acceptors (Lipinski definition) is 6. The topological polar surface area (TPSA) is 93.4 Å². The van der Waals surface area contributed by atoms with E-state index >= 15 is 0 Å². The van der Waals surface area contributed by atoms with Crippen LogP contribution in [0.15, 0.2) is 79.4 Å².